The van der Waals surface area contributed by atoms with Gasteiger partial charge in [0.05, 0.1) is 28.4 Å². The van der Waals surface area contributed by atoms with Crippen LogP contribution in [0.4, 0.5) is 19.0 Å². The van der Waals surface area contributed by atoms with Crippen molar-refractivity contribution in [3.05, 3.63) is 56.8 Å². The number of anilines is 1. The molecule has 10 heteroatoms. The summed E-state index contributed by atoms with van der Waals surface area (Å²) >= 11 is 11.8. The molecule has 0 radical (unpaired) electrons. The van der Waals surface area contributed by atoms with Gasteiger partial charge in [-0.05, 0) is 29.7 Å². The summed E-state index contributed by atoms with van der Waals surface area (Å²) in [6.45, 7) is -0.123. The molecule has 0 spiro atoms. The van der Waals surface area contributed by atoms with Crippen molar-refractivity contribution < 1.29 is 13.2 Å². The highest BCUT2D eigenvalue weighted by Crippen LogP contribution is 2.31. The van der Waals surface area contributed by atoms with Crippen molar-refractivity contribution in [2.24, 2.45) is 4.99 Å². The van der Waals surface area contributed by atoms with Crippen molar-refractivity contribution in [2.75, 3.05) is 12.3 Å². The molecule has 2 heterocycles. The van der Waals surface area contributed by atoms with Crippen LogP contribution in [0.25, 0.3) is 0 Å². The minimum Gasteiger partial charge on any atom is -0.383 e. The fourth-order valence-corrected chi connectivity index (χ4v) is 2.77. The number of nitrogens with two attached hydrogens (primary N) is 1. The summed E-state index contributed by atoms with van der Waals surface area (Å²) in [4.78, 5) is 4.16. The lowest BCUT2D eigenvalue weighted by molar-refractivity contribution is -0.0961. The third-order valence-electron chi connectivity index (χ3n) is 3.63. The lowest BCUT2D eigenvalue weighted by atomic mass is 10.0. The first-order chi connectivity index (χ1) is 11.8. The van der Waals surface area contributed by atoms with Gasteiger partial charge in [0.1, 0.15) is 17.4 Å². The van der Waals surface area contributed by atoms with Crippen LogP contribution in [0.3, 0.4) is 0 Å². The van der Waals surface area contributed by atoms with Crippen LogP contribution < -0.4 is 11.1 Å². The molecule has 1 aliphatic rings. The van der Waals surface area contributed by atoms with Crippen molar-refractivity contribution in [2.45, 2.75) is 12.6 Å². The summed E-state index contributed by atoms with van der Waals surface area (Å²) in [7, 11) is 0. The molecule has 2 aromatic rings. The molecule has 0 unspecified atom stereocenters. The smallest absolute Gasteiger partial charge is 0.383 e. The van der Waals surface area contributed by atoms with Crippen molar-refractivity contribution >= 4 is 34.9 Å². The first-order valence-electron chi connectivity index (χ1n) is 7.09. The predicted molar refractivity (Wildman–Crippen MR) is 90.8 cm³/mol. The molecule has 0 bridgehead atoms. The van der Waals surface area contributed by atoms with Crippen LogP contribution in [0, 0.1) is 0 Å². The Bertz CT molecular complexity index is 870. The number of amidine groups is 1. The molecule has 0 atom stereocenters. The number of nitrogens with zero attached hydrogens (tertiary/aromatic N) is 2. The fraction of sp³-hybridized carbons (Fsp3) is 0.200. The van der Waals surface area contributed by atoms with Gasteiger partial charge in [-0.2, -0.15) is 18.3 Å². The average Bonchev–Trinajstić information content (AvgIpc) is 2.96. The highest BCUT2D eigenvalue weighted by Gasteiger charge is 2.39. The summed E-state index contributed by atoms with van der Waals surface area (Å²) in [5.74, 6) is 0.164. The average molecular weight is 390 g/mol. The Balaban J connectivity index is 1.92. The van der Waals surface area contributed by atoms with Gasteiger partial charge >= 0.3 is 6.18 Å². The van der Waals surface area contributed by atoms with E-state index in [9.17, 15) is 13.2 Å². The zero-order valence-corrected chi connectivity index (χ0v) is 14.1. The minimum absolute atomic E-state index is 0.0245. The number of rotatable bonds is 3. The summed E-state index contributed by atoms with van der Waals surface area (Å²) in [6, 6.07) is 4.71. The van der Waals surface area contributed by atoms with Gasteiger partial charge in [-0.15, -0.1) is 0 Å². The van der Waals surface area contributed by atoms with Crippen LogP contribution >= 0.6 is 23.2 Å². The molecule has 0 aliphatic carbocycles. The van der Waals surface area contributed by atoms with E-state index in [1.807, 2.05) is 0 Å². The highest BCUT2D eigenvalue weighted by molar-refractivity contribution is 6.42. The second-order valence-electron chi connectivity index (χ2n) is 5.39. The van der Waals surface area contributed by atoms with Gasteiger partial charge in [-0.3, -0.25) is 10.1 Å². The molecular formula is C15H12Cl2F3N5. The van der Waals surface area contributed by atoms with Crippen molar-refractivity contribution in [1.29, 1.82) is 0 Å². The normalized spacial score (nSPS) is 15.2. The zero-order valence-electron chi connectivity index (χ0n) is 12.6. The number of H-pyrrole nitrogens is 1. The van der Waals surface area contributed by atoms with Gasteiger partial charge in [0.2, 0.25) is 0 Å². The van der Waals surface area contributed by atoms with Crippen molar-refractivity contribution in [3.63, 3.8) is 0 Å². The Hall–Kier alpha value is -2.19. The third kappa shape index (κ3) is 3.74. The third-order valence-corrected chi connectivity index (χ3v) is 4.37. The van der Waals surface area contributed by atoms with Gasteiger partial charge in [0.25, 0.3) is 0 Å². The molecule has 25 heavy (non-hydrogen) atoms. The van der Waals surface area contributed by atoms with E-state index in [-0.39, 0.29) is 40.8 Å². The van der Waals surface area contributed by atoms with Crippen LogP contribution in [0.2, 0.25) is 10.0 Å². The maximum absolute atomic E-state index is 13.5. The molecular weight excluding hydrogens is 378 g/mol. The Labute approximate surface area is 150 Å². The number of benzene rings is 1. The number of halogens is 5. The number of aromatic amines is 1. The minimum atomic E-state index is -4.56. The summed E-state index contributed by atoms with van der Waals surface area (Å²) in [5.41, 5.74) is 5.78. The number of nitrogen functional groups attached to an aromatic ring is 1. The van der Waals surface area contributed by atoms with Gasteiger partial charge in [0.15, 0.2) is 0 Å². The van der Waals surface area contributed by atoms with E-state index in [1.54, 1.807) is 12.1 Å². The molecule has 4 N–H and O–H groups in total. The Morgan fingerprint density at radius 1 is 1.20 bits per heavy atom. The van der Waals surface area contributed by atoms with Crippen LogP contribution in [-0.4, -0.2) is 28.8 Å². The Morgan fingerprint density at radius 3 is 2.56 bits per heavy atom. The largest absolute Gasteiger partial charge is 0.431 e. The molecule has 0 saturated carbocycles. The Kier molecular flexibility index (Phi) is 4.66. The number of alkyl halides is 3. The van der Waals surface area contributed by atoms with Crippen molar-refractivity contribution in [3.8, 4) is 0 Å². The number of aliphatic imine (C=N–C) groups is 1. The predicted octanol–water partition coefficient (Wildman–Crippen LogP) is 3.71. The number of hydrogen-bond donors (Lipinski definition) is 3. The number of hydrogen-bond acceptors (Lipinski definition) is 4. The summed E-state index contributed by atoms with van der Waals surface area (Å²) < 4.78 is 40.4. The number of nitrogens with one attached hydrogen (secondary N) is 2. The molecule has 3 rings (SSSR count). The Morgan fingerprint density at radius 2 is 1.96 bits per heavy atom. The first kappa shape index (κ1) is 17.6. The first-order valence-corrected chi connectivity index (χ1v) is 7.85. The molecule has 0 amide bonds. The van der Waals surface area contributed by atoms with E-state index < -0.39 is 11.9 Å². The van der Waals surface area contributed by atoms with Crippen molar-refractivity contribution in [1.82, 2.24) is 15.5 Å². The van der Waals surface area contributed by atoms with Gasteiger partial charge in [-0.25, -0.2) is 0 Å². The molecule has 1 aliphatic heterocycles. The van der Waals surface area contributed by atoms with Gasteiger partial charge < -0.3 is 11.1 Å². The lowest BCUT2D eigenvalue weighted by Gasteiger charge is -2.24. The van der Waals surface area contributed by atoms with E-state index in [4.69, 9.17) is 28.9 Å². The van der Waals surface area contributed by atoms with E-state index in [0.29, 0.717) is 10.6 Å². The second kappa shape index (κ2) is 6.61. The zero-order chi connectivity index (χ0) is 18.2. The van der Waals surface area contributed by atoms with E-state index in [2.05, 4.69) is 20.5 Å². The van der Waals surface area contributed by atoms with Crippen LogP contribution in [-0.2, 0) is 6.42 Å². The van der Waals surface area contributed by atoms with Crippen LogP contribution in [0.1, 0.15) is 11.1 Å². The second-order valence-corrected chi connectivity index (χ2v) is 6.20. The van der Waals surface area contributed by atoms with Crippen LogP contribution in [0.5, 0.6) is 0 Å². The lowest BCUT2D eigenvalue weighted by Crippen LogP contribution is -2.37. The van der Waals surface area contributed by atoms with Gasteiger partial charge in [0, 0.05) is 0 Å². The van der Waals surface area contributed by atoms with E-state index in [1.165, 1.54) is 12.3 Å². The maximum atomic E-state index is 13.5. The summed E-state index contributed by atoms with van der Waals surface area (Å²) in [5, 5.41) is 9.12. The number of aromatic nitrogens is 2. The monoisotopic (exact) mass is 389 g/mol. The molecule has 1 aromatic heterocycles. The molecule has 5 nitrogen and oxygen atoms in total. The maximum Gasteiger partial charge on any atom is 0.431 e. The SMILES string of the molecule is Nc1[nH]ncc1C1=NCC(Cc2ccc(Cl)c(Cl)c2)=C(C(F)(F)F)N1. The summed E-state index contributed by atoms with van der Waals surface area (Å²) in [6.07, 6.45) is -3.21. The number of allylic oxidation sites excluding steroid dienone is 1. The quantitative estimate of drug-likeness (QED) is 0.748. The standard InChI is InChI=1S/C15H12Cl2F3N5/c16-10-2-1-7(4-11(10)17)3-8-5-22-14(9-6-23-25-13(9)21)24-12(8)15(18,19)20/h1-2,4,6H,3,5H2,(H,22,24)(H3,21,23,25). The van der Waals surface area contributed by atoms with E-state index in [0.717, 1.165) is 0 Å². The highest BCUT2D eigenvalue weighted by atomic mass is 35.5. The molecule has 132 valence electrons. The van der Waals surface area contributed by atoms with Gasteiger partial charge in [-0.1, -0.05) is 29.3 Å². The van der Waals surface area contributed by atoms with Crippen LogP contribution in [0.15, 0.2) is 40.7 Å². The molecule has 1 aromatic carbocycles. The topological polar surface area (TPSA) is 79.1 Å². The molecule has 0 saturated heterocycles. The van der Waals surface area contributed by atoms with E-state index >= 15 is 0 Å². The fourth-order valence-electron chi connectivity index (χ4n) is 2.45. The molecule has 0 fully saturated rings.